The highest BCUT2D eigenvalue weighted by molar-refractivity contribution is 6.31. The van der Waals surface area contributed by atoms with Crippen molar-refractivity contribution < 1.29 is 42.4 Å². The predicted octanol–water partition coefficient (Wildman–Crippen LogP) is 7.17. The van der Waals surface area contributed by atoms with Crippen molar-refractivity contribution in [2.24, 2.45) is 5.92 Å². The molecule has 3 unspecified atom stereocenters. The van der Waals surface area contributed by atoms with Crippen LogP contribution >= 0.6 is 23.2 Å². The fraction of sp³-hybridized carbons (Fsp3) is 0.458. The van der Waals surface area contributed by atoms with Gasteiger partial charge in [-0.1, -0.05) is 37.0 Å². The number of ether oxygens (including phenoxy) is 4. The lowest BCUT2D eigenvalue weighted by molar-refractivity contribution is -0.173. The highest BCUT2D eigenvalue weighted by Crippen LogP contribution is 2.42. The van der Waals surface area contributed by atoms with E-state index in [4.69, 9.17) is 57.9 Å². The van der Waals surface area contributed by atoms with Crippen molar-refractivity contribution in [3.05, 3.63) is 104 Å². The number of fused-ring (bicyclic) bond motifs is 2. The lowest BCUT2D eigenvalue weighted by atomic mass is 9.95. The molecule has 0 aliphatic carbocycles. The van der Waals surface area contributed by atoms with Crippen LogP contribution in [0, 0.1) is 31.4 Å². The Morgan fingerprint density at radius 2 is 1.38 bits per heavy atom. The van der Waals surface area contributed by atoms with Crippen LogP contribution in [0.3, 0.4) is 0 Å². The largest absolute Gasteiger partial charge is 0.490 e. The van der Waals surface area contributed by atoms with Gasteiger partial charge in [-0.15, -0.1) is 0 Å². The van der Waals surface area contributed by atoms with Crippen LogP contribution in [0.4, 0.5) is 20.4 Å². The summed E-state index contributed by atoms with van der Waals surface area (Å²) in [5.41, 5.74) is 7.53. The number of carbonyl (C=O) groups is 2. The minimum atomic E-state index is -1.26. The zero-order chi connectivity index (χ0) is 49.5. The van der Waals surface area contributed by atoms with E-state index in [0.29, 0.717) is 70.8 Å². The third-order valence-corrected chi connectivity index (χ3v) is 13.1. The molecular weight excluding hydrogens is 937 g/mol. The summed E-state index contributed by atoms with van der Waals surface area (Å²) in [4.78, 5) is 46.4. The molecule has 0 saturated carbocycles. The molecule has 368 valence electrons. The standard InChI is InChI=1S/C48H56Cl2F2N10O7/c1-23(2)68-40-30(16-32(49)36(51)34(40)47(64)58-20-48(65)21-67-22-48)25(4)45-60-28(7)39-43(55-11-13-62(39)45)56-18-24(3)69-41-31(26(5)44-59-27(6)38-42(53)54-10-12-61(38)44)17-33(50)37(52)35(41)46(63)57-19-29-8-14-66-15-9-29/h10-13,16-17,23-26,29,65H,8-9,14-15,18-22H2,1-7H3,(H2,53,54)(H,55,56)(H,57,63)(H,58,64). The number of hydrogen-bond acceptors (Lipinski definition) is 13. The van der Waals surface area contributed by atoms with E-state index in [-0.39, 0.29) is 65.1 Å². The number of nitrogens with one attached hydrogen (secondary N) is 3. The second-order valence-corrected chi connectivity index (χ2v) is 19.0. The number of nitrogens with two attached hydrogens (primary N) is 1. The summed E-state index contributed by atoms with van der Waals surface area (Å²) in [7, 11) is 0. The van der Waals surface area contributed by atoms with E-state index in [1.807, 2.05) is 36.5 Å². The zero-order valence-electron chi connectivity index (χ0n) is 39.4. The quantitative estimate of drug-likeness (QED) is 0.0614. The van der Waals surface area contributed by atoms with Gasteiger partial charge in [0.1, 0.15) is 62.8 Å². The topological polar surface area (TPSA) is 214 Å². The molecule has 2 fully saturated rings. The predicted molar refractivity (Wildman–Crippen MR) is 256 cm³/mol. The molecule has 17 nitrogen and oxygen atoms in total. The summed E-state index contributed by atoms with van der Waals surface area (Å²) in [6.07, 6.45) is 6.96. The number of aliphatic hydroxyl groups is 1. The van der Waals surface area contributed by atoms with Gasteiger partial charge in [-0.2, -0.15) is 0 Å². The zero-order valence-corrected chi connectivity index (χ0v) is 40.9. The number of carbonyl (C=O) groups excluding carboxylic acids is 2. The van der Waals surface area contributed by atoms with Crippen molar-refractivity contribution in [1.82, 2.24) is 39.4 Å². The average molecular weight is 994 g/mol. The van der Waals surface area contributed by atoms with Gasteiger partial charge in [-0.3, -0.25) is 18.4 Å². The van der Waals surface area contributed by atoms with Crippen molar-refractivity contribution in [3.63, 3.8) is 0 Å². The van der Waals surface area contributed by atoms with Gasteiger partial charge in [0.25, 0.3) is 11.8 Å². The Morgan fingerprint density at radius 3 is 1.94 bits per heavy atom. The number of benzene rings is 2. The van der Waals surface area contributed by atoms with Gasteiger partial charge in [-0.05, 0) is 65.5 Å². The number of rotatable bonds is 17. The summed E-state index contributed by atoms with van der Waals surface area (Å²) < 4.78 is 59.3. The van der Waals surface area contributed by atoms with Crippen LogP contribution in [-0.4, -0.2) is 110 Å². The normalized spacial score (nSPS) is 16.3. The monoisotopic (exact) mass is 992 g/mol. The van der Waals surface area contributed by atoms with Gasteiger partial charge in [0.05, 0.1) is 53.8 Å². The van der Waals surface area contributed by atoms with Crippen molar-refractivity contribution in [3.8, 4) is 11.5 Å². The second kappa shape index (κ2) is 20.2. The first-order valence-electron chi connectivity index (χ1n) is 22.8. The Hall–Kier alpha value is -5.86. The molecule has 21 heteroatoms. The number of aromatic nitrogens is 6. The van der Waals surface area contributed by atoms with Crippen LogP contribution in [0.25, 0.3) is 11.0 Å². The van der Waals surface area contributed by atoms with Gasteiger partial charge < -0.3 is 45.7 Å². The van der Waals surface area contributed by atoms with Crippen LogP contribution in [-0.2, 0) is 9.47 Å². The summed E-state index contributed by atoms with van der Waals surface area (Å²) in [5, 5.41) is 18.9. The van der Waals surface area contributed by atoms with E-state index in [1.54, 1.807) is 45.6 Å². The van der Waals surface area contributed by atoms with Crippen LogP contribution in [0.15, 0.2) is 36.9 Å². The first-order chi connectivity index (χ1) is 32.9. The lowest BCUT2D eigenvalue weighted by Gasteiger charge is -2.36. The molecule has 0 spiro atoms. The number of imidazole rings is 2. The van der Waals surface area contributed by atoms with Crippen LogP contribution < -0.4 is 31.2 Å². The van der Waals surface area contributed by atoms with E-state index < -0.39 is 58.7 Å². The van der Waals surface area contributed by atoms with Gasteiger partial charge >= 0.3 is 0 Å². The SMILES string of the molecule is Cc1nc(C(C)c2cc(Cl)c(F)c(C(=O)NCC3CCOCC3)c2OC(C)CNc2nccn3c(C(C)c4cc(Cl)c(F)c(C(=O)NCC5(O)COC5)c4OC(C)C)nc(C)c23)n2ccnc(N)c12. The third-order valence-electron chi connectivity index (χ3n) is 12.5. The maximum absolute atomic E-state index is 16.4. The molecule has 2 aliphatic rings. The molecule has 3 atom stereocenters. The molecule has 4 aromatic heterocycles. The maximum atomic E-state index is 16.4. The molecule has 2 aromatic carbocycles. The van der Waals surface area contributed by atoms with Crippen LogP contribution in [0.5, 0.6) is 11.5 Å². The van der Waals surface area contributed by atoms with E-state index in [2.05, 4.69) is 25.9 Å². The minimum absolute atomic E-state index is 0.000715. The molecule has 8 rings (SSSR count). The molecule has 6 aromatic rings. The number of nitrogens with zero attached hydrogens (tertiary/aromatic N) is 6. The van der Waals surface area contributed by atoms with Crippen molar-refractivity contribution >= 4 is 57.7 Å². The molecule has 6 N–H and O–H groups in total. The van der Waals surface area contributed by atoms with E-state index in [9.17, 15) is 14.7 Å². The molecule has 2 saturated heterocycles. The molecular formula is C48H56Cl2F2N10O7. The lowest BCUT2D eigenvalue weighted by Crippen LogP contribution is -2.57. The number of anilines is 2. The fourth-order valence-corrected chi connectivity index (χ4v) is 9.28. The first-order valence-corrected chi connectivity index (χ1v) is 23.6. The number of halogens is 4. The molecule has 2 aliphatic heterocycles. The van der Waals surface area contributed by atoms with Gasteiger partial charge in [0, 0.05) is 67.5 Å². The number of nitrogen functional groups attached to an aromatic ring is 1. The Balaban J connectivity index is 1.10. The summed E-state index contributed by atoms with van der Waals surface area (Å²) >= 11 is 13.1. The van der Waals surface area contributed by atoms with Gasteiger partial charge in [0.2, 0.25) is 0 Å². The van der Waals surface area contributed by atoms with E-state index in [1.165, 1.54) is 12.1 Å². The Labute approximate surface area is 407 Å². The third kappa shape index (κ3) is 9.97. The Bertz CT molecular complexity index is 2920. The fourth-order valence-electron chi connectivity index (χ4n) is 8.85. The van der Waals surface area contributed by atoms with Gasteiger partial charge in [-0.25, -0.2) is 28.7 Å². The van der Waals surface area contributed by atoms with Crippen molar-refractivity contribution in [1.29, 1.82) is 0 Å². The van der Waals surface area contributed by atoms with E-state index in [0.717, 1.165) is 12.8 Å². The molecule has 69 heavy (non-hydrogen) atoms. The van der Waals surface area contributed by atoms with Crippen LogP contribution in [0.1, 0.15) is 114 Å². The summed E-state index contributed by atoms with van der Waals surface area (Å²) in [5.74, 6) is -2.67. The first kappa shape index (κ1) is 49.6. The van der Waals surface area contributed by atoms with Crippen molar-refractivity contribution in [2.75, 3.05) is 57.1 Å². The molecule has 2 amide bonds. The highest BCUT2D eigenvalue weighted by Gasteiger charge is 2.38. The van der Waals surface area contributed by atoms with Crippen molar-refractivity contribution in [2.45, 2.75) is 91.0 Å². The minimum Gasteiger partial charge on any atom is -0.490 e. The smallest absolute Gasteiger partial charge is 0.258 e. The highest BCUT2D eigenvalue weighted by atomic mass is 35.5. The van der Waals surface area contributed by atoms with Crippen LogP contribution in [0.2, 0.25) is 10.0 Å². The second-order valence-electron chi connectivity index (χ2n) is 18.2. The Kier molecular flexibility index (Phi) is 14.5. The van der Waals surface area contributed by atoms with Gasteiger partial charge in [0.15, 0.2) is 17.5 Å². The van der Waals surface area contributed by atoms with E-state index >= 15 is 8.78 Å². The number of hydrogen-bond donors (Lipinski definition) is 5. The average Bonchev–Trinajstić information content (AvgIpc) is 3.84. The Morgan fingerprint density at radius 1 is 0.841 bits per heavy atom. The molecule has 0 radical (unpaired) electrons. The maximum Gasteiger partial charge on any atom is 0.258 e. The number of amides is 2. The molecule has 0 bridgehead atoms. The molecule has 6 heterocycles. The summed E-state index contributed by atoms with van der Waals surface area (Å²) in [6.45, 7) is 14.1. The number of aryl methyl sites for hydroxylation is 2. The summed E-state index contributed by atoms with van der Waals surface area (Å²) in [6, 6.07) is 2.89.